The Bertz CT molecular complexity index is 641. The van der Waals surface area contributed by atoms with Crippen molar-refractivity contribution < 1.29 is 19.1 Å². The number of likely N-dealkylation sites (tertiary alicyclic amines) is 1. The Morgan fingerprint density at radius 2 is 1.96 bits per heavy atom. The van der Waals surface area contributed by atoms with E-state index >= 15 is 0 Å². The number of hydrogen-bond acceptors (Lipinski definition) is 5. The monoisotopic (exact) mass is 347 g/mol. The summed E-state index contributed by atoms with van der Waals surface area (Å²) in [6, 6.07) is 5.60. The van der Waals surface area contributed by atoms with Crippen molar-refractivity contribution >= 4 is 11.8 Å². The average molecular weight is 347 g/mol. The minimum Gasteiger partial charge on any atom is -0.454 e. The van der Waals surface area contributed by atoms with Gasteiger partial charge in [-0.1, -0.05) is 6.07 Å². The number of piperidine rings is 1. The van der Waals surface area contributed by atoms with Crippen molar-refractivity contribution in [3.63, 3.8) is 0 Å². The third-order valence-electron chi connectivity index (χ3n) is 4.85. The van der Waals surface area contributed by atoms with Gasteiger partial charge in [0.25, 0.3) is 0 Å². The number of carbonyl (C=O) groups excluding carboxylic acids is 2. The van der Waals surface area contributed by atoms with E-state index in [1.54, 1.807) is 7.05 Å². The molecule has 2 N–H and O–H groups in total. The molecule has 136 valence electrons. The molecule has 1 fully saturated rings. The van der Waals surface area contributed by atoms with Gasteiger partial charge in [0.1, 0.15) is 0 Å². The first-order chi connectivity index (χ1) is 12.1. The molecular formula is C18H25N3O4. The molecule has 2 amide bonds. The average Bonchev–Trinajstić information content (AvgIpc) is 3.09. The van der Waals surface area contributed by atoms with Gasteiger partial charge in [-0.2, -0.15) is 0 Å². The van der Waals surface area contributed by atoms with E-state index in [4.69, 9.17) is 9.47 Å². The Morgan fingerprint density at radius 3 is 2.68 bits per heavy atom. The summed E-state index contributed by atoms with van der Waals surface area (Å²) in [6.07, 6.45) is 1.59. The normalized spacial score (nSPS) is 18.6. The summed E-state index contributed by atoms with van der Waals surface area (Å²) in [5.74, 6) is 1.61. The predicted octanol–water partition coefficient (Wildman–Crippen LogP) is 1.05. The number of nitrogens with zero attached hydrogens (tertiary/aromatic N) is 1. The third-order valence-corrected chi connectivity index (χ3v) is 4.85. The molecule has 0 aliphatic carbocycles. The molecule has 2 aliphatic heterocycles. The van der Waals surface area contributed by atoms with Crippen molar-refractivity contribution in [2.45, 2.75) is 25.8 Å². The topological polar surface area (TPSA) is 79.9 Å². The zero-order valence-corrected chi connectivity index (χ0v) is 14.7. The van der Waals surface area contributed by atoms with Crippen LogP contribution in [0.15, 0.2) is 18.2 Å². The Kier molecular flexibility index (Phi) is 5.43. The third kappa shape index (κ3) is 4.22. The molecule has 2 heterocycles. The van der Waals surface area contributed by atoms with Crippen LogP contribution in [-0.2, 0) is 9.59 Å². The molecule has 3 rings (SSSR count). The molecule has 1 unspecified atom stereocenters. The second-order valence-corrected chi connectivity index (χ2v) is 6.57. The van der Waals surface area contributed by atoms with Crippen LogP contribution >= 0.6 is 0 Å². The molecular weight excluding hydrogens is 322 g/mol. The maximum atomic E-state index is 12.3. The second kappa shape index (κ2) is 7.74. The summed E-state index contributed by atoms with van der Waals surface area (Å²) < 4.78 is 10.7. The SMILES string of the molecule is CNC(=O)C1CCN(CC(=O)NC(C)c2ccc3c(c2)OCO3)CC1. The van der Waals surface area contributed by atoms with Gasteiger partial charge in [0.15, 0.2) is 11.5 Å². The first-order valence-electron chi connectivity index (χ1n) is 8.69. The first kappa shape index (κ1) is 17.5. The van der Waals surface area contributed by atoms with Crippen LogP contribution in [0.4, 0.5) is 0 Å². The molecule has 1 atom stereocenters. The van der Waals surface area contributed by atoms with E-state index in [-0.39, 0.29) is 30.6 Å². The molecule has 1 aromatic carbocycles. The highest BCUT2D eigenvalue weighted by Crippen LogP contribution is 2.34. The highest BCUT2D eigenvalue weighted by molar-refractivity contribution is 5.79. The van der Waals surface area contributed by atoms with E-state index in [0.29, 0.717) is 6.54 Å². The Balaban J connectivity index is 1.47. The maximum Gasteiger partial charge on any atom is 0.234 e. The minimum absolute atomic E-state index is 0.0106. The highest BCUT2D eigenvalue weighted by atomic mass is 16.7. The molecule has 0 saturated carbocycles. The molecule has 0 aromatic heterocycles. The van der Waals surface area contributed by atoms with Gasteiger partial charge in [0, 0.05) is 13.0 Å². The van der Waals surface area contributed by atoms with Crippen LogP contribution in [0.5, 0.6) is 11.5 Å². The number of rotatable bonds is 5. The van der Waals surface area contributed by atoms with Crippen molar-refractivity contribution in [3.05, 3.63) is 23.8 Å². The van der Waals surface area contributed by atoms with Crippen molar-refractivity contribution in [3.8, 4) is 11.5 Å². The van der Waals surface area contributed by atoms with Gasteiger partial charge in [0.05, 0.1) is 12.6 Å². The molecule has 7 nitrogen and oxygen atoms in total. The zero-order valence-electron chi connectivity index (χ0n) is 14.7. The molecule has 2 aliphatic rings. The Hall–Kier alpha value is -2.28. The van der Waals surface area contributed by atoms with Crippen molar-refractivity contribution in [1.82, 2.24) is 15.5 Å². The van der Waals surface area contributed by atoms with E-state index in [1.807, 2.05) is 25.1 Å². The van der Waals surface area contributed by atoms with Gasteiger partial charge in [-0.3, -0.25) is 14.5 Å². The van der Waals surface area contributed by atoms with E-state index < -0.39 is 0 Å². The lowest BCUT2D eigenvalue weighted by Gasteiger charge is -2.30. The zero-order chi connectivity index (χ0) is 17.8. The van der Waals surface area contributed by atoms with Gasteiger partial charge in [-0.15, -0.1) is 0 Å². The summed E-state index contributed by atoms with van der Waals surface area (Å²) in [7, 11) is 1.67. The van der Waals surface area contributed by atoms with Gasteiger partial charge >= 0.3 is 0 Å². The number of benzene rings is 1. The smallest absolute Gasteiger partial charge is 0.234 e. The van der Waals surface area contributed by atoms with E-state index in [2.05, 4.69) is 15.5 Å². The standard InChI is InChI=1S/C18H25N3O4/c1-12(14-3-4-15-16(9-14)25-11-24-15)20-17(22)10-21-7-5-13(6-8-21)18(23)19-2/h3-4,9,12-13H,5-8,10-11H2,1-2H3,(H,19,23)(H,20,22). The number of hydrogen-bond donors (Lipinski definition) is 2. The molecule has 0 spiro atoms. The van der Waals surface area contributed by atoms with E-state index in [9.17, 15) is 9.59 Å². The largest absolute Gasteiger partial charge is 0.454 e. The molecule has 1 saturated heterocycles. The lowest BCUT2D eigenvalue weighted by molar-refractivity contribution is -0.126. The van der Waals surface area contributed by atoms with Gasteiger partial charge in [-0.25, -0.2) is 0 Å². The van der Waals surface area contributed by atoms with Crippen molar-refractivity contribution in [2.24, 2.45) is 5.92 Å². The van der Waals surface area contributed by atoms with Crippen LogP contribution in [0, 0.1) is 5.92 Å². The van der Waals surface area contributed by atoms with E-state index in [1.165, 1.54) is 0 Å². The molecule has 25 heavy (non-hydrogen) atoms. The fraction of sp³-hybridized carbons (Fsp3) is 0.556. The van der Waals surface area contributed by atoms with Crippen LogP contribution in [0.25, 0.3) is 0 Å². The van der Waals surface area contributed by atoms with Crippen LogP contribution in [-0.4, -0.2) is 50.2 Å². The fourth-order valence-corrected chi connectivity index (χ4v) is 3.31. The van der Waals surface area contributed by atoms with Crippen molar-refractivity contribution in [2.75, 3.05) is 33.5 Å². The van der Waals surface area contributed by atoms with Crippen LogP contribution in [0.3, 0.4) is 0 Å². The summed E-state index contributed by atoms with van der Waals surface area (Å²) in [4.78, 5) is 26.1. The van der Waals surface area contributed by atoms with Crippen molar-refractivity contribution in [1.29, 1.82) is 0 Å². The number of nitrogens with one attached hydrogen (secondary N) is 2. The lowest BCUT2D eigenvalue weighted by atomic mass is 9.96. The number of fused-ring (bicyclic) bond motifs is 1. The lowest BCUT2D eigenvalue weighted by Crippen LogP contribution is -2.44. The van der Waals surface area contributed by atoms with E-state index in [0.717, 1.165) is 43.0 Å². The minimum atomic E-state index is -0.106. The highest BCUT2D eigenvalue weighted by Gasteiger charge is 2.25. The summed E-state index contributed by atoms with van der Waals surface area (Å²) in [5.41, 5.74) is 0.982. The van der Waals surface area contributed by atoms with Crippen LogP contribution in [0.1, 0.15) is 31.4 Å². The summed E-state index contributed by atoms with van der Waals surface area (Å²) in [6.45, 7) is 4.09. The summed E-state index contributed by atoms with van der Waals surface area (Å²) >= 11 is 0. The Morgan fingerprint density at radius 1 is 1.24 bits per heavy atom. The second-order valence-electron chi connectivity index (χ2n) is 6.57. The van der Waals surface area contributed by atoms with Gasteiger partial charge in [-0.05, 0) is 50.6 Å². The fourth-order valence-electron chi connectivity index (χ4n) is 3.31. The molecule has 0 bridgehead atoms. The number of ether oxygens (including phenoxy) is 2. The van der Waals surface area contributed by atoms with Crippen LogP contribution in [0.2, 0.25) is 0 Å². The number of carbonyl (C=O) groups is 2. The first-order valence-corrected chi connectivity index (χ1v) is 8.69. The molecule has 0 radical (unpaired) electrons. The summed E-state index contributed by atoms with van der Waals surface area (Å²) in [5, 5.41) is 5.72. The molecule has 7 heteroatoms. The van der Waals surface area contributed by atoms with Crippen LogP contribution < -0.4 is 20.1 Å². The Labute approximate surface area is 147 Å². The number of amides is 2. The van der Waals surface area contributed by atoms with Gasteiger partial charge in [0.2, 0.25) is 18.6 Å². The van der Waals surface area contributed by atoms with Gasteiger partial charge < -0.3 is 20.1 Å². The molecule has 1 aromatic rings. The quantitative estimate of drug-likeness (QED) is 0.832. The maximum absolute atomic E-state index is 12.3. The predicted molar refractivity (Wildman–Crippen MR) is 92.4 cm³/mol.